The first-order chi connectivity index (χ1) is 8.22. The molecule has 0 aromatic rings. The lowest BCUT2D eigenvalue weighted by atomic mass is 9.95. The molecule has 1 heterocycles. The van der Waals surface area contributed by atoms with Gasteiger partial charge in [-0.15, -0.1) is 0 Å². The van der Waals surface area contributed by atoms with Crippen LogP contribution >= 0.6 is 0 Å². The second kappa shape index (κ2) is 8.03. The van der Waals surface area contributed by atoms with E-state index >= 15 is 0 Å². The summed E-state index contributed by atoms with van der Waals surface area (Å²) in [6, 6.07) is 0.801. The van der Waals surface area contributed by atoms with Crippen LogP contribution in [0.1, 0.15) is 33.1 Å². The third kappa shape index (κ3) is 4.54. The van der Waals surface area contributed by atoms with Crippen LogP contribution in [0.5, 0.6) is 0 Å². The van der Waals surface area contributed by atoms with Crippen molar-refractivity contribution in [1.82, 2.24) is 4.90 Å². The molecule has 1 fully saturated rings. The zero-order valence-electron chi connectivity index (χ0n) is 11.3. The second-order valence-electron chi connectivity index (χ2n) is 4.98. The van der Waals surface area contributed by atoms with Crippen molar-refractivity contribution < 1.29 is 9.84 Å². The second-order valence-corrected chi connectivity index (χ2v) is 4.98. The number of ether oxygens (including phenoxy) is 1. The Hall–Kier alpha value is -0.160. The smallest absolute Gasteiger partial charge is 0.0558 e. The maximum absolute atomic E-state index is 9.17. The maximum Gasteiger partial charge on any atom is 0.0558 e. The molecule has 4 heteroatoms. The highest BCUT2D eigenvalue weighted by molar-refractivity contribution is 4.81. The molecule has 0 amide bonds. The molecule has 0 aromatic heterocycles. The molecule has 4 nitrogen and oxygen atoms in total. The average molecular weight is 244 g/mol. The minimum absolute atomic E-state index is 0.222. The fourth-order valence-electron chi connectivity index (χ4n) is 2.66. The van der Waals surface area contributed by atoms with Crippen molar-refractivity contribution in [3.8, 4) is 0 Å². The Kier molecular flexibility index (Phi) is 7.04. The van der Waals surface area contributed by atoms with E-state index in [1.54, 1.807) is 0 Å². The summed E-state index contributed by atoms with van der Waals surface area (Å²) in [5, 5.41) is 9.17. The lowest BCUT2D eigenvalue weighted by molar-refractivity contribution is 0.0147. The minimum Gasteiger partial charge on any atom is -0.395 e. The van der Waals surface area contributed by atoms with Crippen molar-refractivity contribution in [3.05, 3.63) is 0 Å². The summed E-state index contributed by atoms with van der Waals surface area (Å²) in [6.07, 6.45) is 3.21. The van der Waals surface area contributed by atoms with E-state index in [1.165, 1.54) is 0 Å². The zero-order valence-corrected chi connectivity index (χ0v) is 11.3. The van der Waals surface area contributed by atoms with E-state index in [1.807, 2.05) is 0 Å². The van der Waals surface area contributed by atoms with Gasteiger partial charge in [0.25, 0.3) is 0 Å². The van der Waals surface area contributed by atoms with Crippen molar-refractivity contribution in [2.75, 3.05) is 32.9 Å². The molecule has 0 saturated carbocycles. The van der Waals surface area contributed by atoms with Gasteiger partial charge in [-0.2, -0.15) is 0 Å². The summed E-state index contributed by atoms with van der Waals surface area (Å²) in [5.41, 5.74) is 6.14. The quantitative estimate of drug-likeness (QED) is 0.696. The van der Waals surface area contributed by atoms with Gasteiger partial charge >= 0.3 is 0 Å². The SMILES string of the molecule is CCC(CC)N(CCO)CC1COCCC1N. The van der Waals surface area contributed by atoms with E-state index in [-0.39, 0.29) is 12.6 Å². The first-order valence-corrected chi connectivity index (χ1v) is 6.91. The van der Waals surface area contributed by atoms with E-state index in [0.717, 1.165) is 45.6 Å². The highest BCUT2D eigenvalue weighted by atomic mass is 16.5. The van der Waals surface area contributed by atoms with Crippen molar-refractivity contribution in [2.45, 2.75) is 45.2 Å². The molecule has 2 atom stereocenters. The summed E-state index contributed by atoms with van der Waals surface area (Å²) >= 11 is 0. The maximum atomic E-state index is 9.17. The predicted octanol–water partition coefficient (Wildman–Crippen LogP) is 0.833. The molecular weight excluding hydrogens is 216 g/mol. The van der Waals surface area contributed by atoms with Crippen molar-refractivity contribution in [2.24, 2.45) is 11.7 Å². The van der Waals surface area contributed by atoms with Crippen LogP contribution in [0.25, 0.3) is 0 Å². The van der Waals surface area contributed by atoms with Crippen LogP contribution < -0.4 is 5.73 Å². The van der Waals surface area contributed by atoms with Gasteiger partial charge in [-0.1, -0.05) is 13.8 Å². The van der Waals surface area contributed by atoms with Crippen molar-refractivity contribution in [3.63, 3.8) is 0 Å². The summed E-state index contributed by atoms with van der Waals surface area (Å²) in [4.78, 5) is 2.37. The largest absolute Gasteiger partial charge is 0.395 e. The van der Waals surface area contributed by atoms with E-state index in [2.05, 4.69) is 18.7 Å². The van der Waals surface area contributed by atoms with Gasteiger partial charge in [-0.3, -0.25) is 4.90 Å². The zero-order chi connectivity index (χ0) is 12.7. The third-order valence-corrected chi connectivity index (χ3v) is 3.85. The summed E-state index contributed by atoms with van der Waals surface area (Å²) in [6.45, 7) is 7.89. The highest BCUT2D eigenvalue weighted by Crippen LogP contribution is 2.17. The lowest BCUT2D eigenvalue weighted by Gasteiger charge is -2.37. The Morgan fingerprint density at radius 1 is 1.41 bits per heavy atom. The van der Waals surface area contributed by atoms with Crippen LogP contribution in [0.2, 0.25) is 0 Å². The molecule has 0 spiro atoms. The van der Waals surface area contributed by atoms with Gasteiger partial charge in [0, 0.05) is 37.7 Å². The van der Waals surface area contributed by atoms with E-state index in [4.69, 9.17) is 15.6 Å². The first kappa shape index (κ1) is 14.9. The molecule has 0 bridgehead atoms. The molecule has 1 saturated heterocycles. The molecule has 1 aliphatic heterocycles. The minimum atomic E-state index is 0.222. The van der Waals surface area contributed by atoms with E-state index < -0.39 is 0 Å². The number of nitrogens with zero attached hydrogens (tertiary/aromatic N) is 1. The summed E-state index contributed by atoms with van der Waals surface area (Å²) in [7, 11) is 0. The molecular formula is C13H28N2O2. The Labute approximate surface area is 105 Å². The van der Waals surface area contributed by atoms with Crippen LogP contribution in [0.3, 0.4) is 0 Å². The van der Waals surface area contributed by atoms with Gasteiger partial charge < -0.3 is 15.6 Å². The van der Waals surface area contributed by atoms with Gasteiger partial charge in [0.15, 0.2) is 0 Å². The number of nitrogens with two attached hydrogens (primary N) is 1. The van der Waals surface area contributed by atoms with Crippen molar-refractivity contribution >= 4 is 0 Å². The number of aliphatic hydroxyl groups excluding tert-OH is 1. The van der Waals surface area contributed by atoms with Crippen LogP contribution in [-0.4, -0.2) is 55.0 Å². The fraction of sp³-hybridized carbons (Fsp3) is 1.00. The topological polar surface area (TPSA) is 58.7 Å². The van der Waals surface area contributed by atoms with Gasteiger partial charge in [-0.25, -0.2) is 0 Å². The lowest BCUT2D eigenvalue weighted by Crippen LogP contribution is -2.48. The molecule has 102 valence electrons. The molecule has 0 radical (unpaired) electrons. The number of hydrogen-bond acceptors (Lipinski definition) is 4. The highest BCUT2D eigenvalue weighted by Gasteiger charge is 2.26. The summed E-state index contributed by atoms with van der Waals surface area (Å²) in [5.74, 6) is 0.413. The van der Waals surface area contributed by atoms with Crippen LogP contribution in [-0.2, 0) is 4.74 Å². The molecule has 17 heavy (non-hydrogen) atoms. The average Bonchev–Trinajstić information content (AvgIpc) is 2.34. The molecule has 1 rings (SSSR count). The standard InChI is InChI=1S/C13H28N2O2/c1-3-12(4-2)15(6-7-16)9-11-10-17-8-5-13(11)14/h11-13,16H,3-10,14H2,1-2H3. The Bertz CT molecular complexity index is 198. The molecule has 0 aromatic carbocycles. The van der Waals surface area contributed by atoms with E-state index in [9.17, 15) is 0 Å². The molecule has 3 N–H and O–H groups in total. The number of hydrogen-bond donors (Lipinski definition) is 2. The van der Waals surface area contributed by atoms with Crippen LogP contribution in [0.4, 0.5) is 0 Å². The van der Waals surface area contributed by atoms with Gasteiger partial charge in [-0.05, 0) is 19.3 Å². The summed E-state index contributed by atoms with van der Waals surface area (Å²) < 4.78 is 5.51. The number of aliphatic hydroxyl groups is 1. The third-order valence-electron chi connectivity index (χ3n) is 3.85. The van der Waals surface area contributed by atoms with Crippen LogP contribution in [0.15, 0.2) is 0 Å². The fourth-order valence-corrected chi connectivity index (χ4v) is 2.66. The van der Waals surface area contributed by atoms with Gasteiger partial charge in [0.1, 0.15) is 0 Å². The normalized spacial score (nSPS) is 25.8. The Balaban J connectivity index is 2.51. The van der Waals surface area contributed by atoms with E-state index in [0.29, 0.717) is 12.0 Å². The van der Waals surface area contributed by atoms with Crippen LogP contribution in [0, 0.1) is 5.92 Å². The molecule has 0 aliphatic carbocycles. The molecule has 1 aliphatic rings. The van der Waals surface area contributed by atoms with Crippen molar-refractivity contribution in [1.29, 1.82) is 0 Å². The Morgan fingerprint density at radius 3 is 2.65 bits per heavy atom. The number of rotatable bonds is 7. The predicted molar refractivity (Wildman–Crippen MR) is 69.9 cm³/mol. The van der Waals surface area contributed by atoms with Gasteiger partial charge in [0.2, 0.25) is 0 Å². The first-order valence-electron chi connectivity index (χ1n) is 6.91. The molecule has 2 unspecified atom stereocenters. The monoisotopic (exact) mass is 244 g/mol. The Morgan fingerprint density at radius 2 is 2.12 bits per heavy atom. The van der Waals surface area contributed by atoms with Gasteiger partial charge in [0.05, 0.1) is 13.2 Å².